The Morgan fingerprint density at radius 1 is 1.33 bits per heavy atom. The van der Waals surface area contributed by atoms with Gasteiger partial charge in [-0.3, -0.25) is 9.78 Å². The number of carbonyl (C=O) groups excluding carboxylic acids is 1. The molecule has 0 atom stereocenters. The highest BCUT2D eigenvalue weighted by molar-refractivity contribution is 7.20. The summed E-state index contributed by atoms with van der Waals surface area (Å²) in [6.07, 6.45) is 3.34. The van der Waals surface area contributed by atoms with E-state index in [0.717, 1.165) is 15.6 Å². The molecule has 0 fully saturated rings. The Hall–Kier alpha value is -2.47. The van der Waals surface area contributed by atoms with Gasteiger partial charge in [-0.1, -0.05) is 6.07 Å². The van der Waals surface area contributed by atoms with Gasteiger partial charge in [-0.25, -0.2) is 4.39 Å². The van der Waals surface area contributed by atoms with Crippen LogP contribution in [0.25, 0.3) is 10.1 Å². The minimum absolute atomic E-state index is 0.239. The Morgan fingerprint density at radius 3 is 2.95 bits per heavy atom. The van der Waals surface area contributed by atoms with Crippen LogP contribution < -0.4 is 10.5 Å². The molecule has 106 valence electrons. The zero-order valence-electron chi connectivity index (χ0n) is 10.9. The standard InChI is InChI=1S/C15H11FN2O2S/c16-10-2-1-3-11(4-10)20-8-9-6-18-7-14-12(9)5-13(21-14)15(17)19/h1-7H,8H2,(H2,17,19). The van der Waals surface area contributed by atoms with Crippen LogP contribution in [0.4, 0.5) is 4.39 Å². The minimum atomic E-state index is -0.465. The Kier molecular flexibility index (Phi) is 3.53. The lowest BCUT2D eigenvalue weighted by molar-refractivity contribution is 0.100. The van der Waals surface area contributed by atoms with Crippen LogP contribution in [0, 0.1) is 5.82 Å². The lowest BCUT2D eigenvalue weighted by Crippen LogP contribution is -2.08. The number of thiophene rings is 1. The van der Waals surface area contributed by atoms with E-state index in [-0.39, 0.29) is 12.4 Å². The number of pyridine rings is 1. The van der Waals surface area contributed by atoms with Gasteiger partial charge in [0.25, 0.3) is 5.91 Å². The highest BCUT2D eigenvalue weighted by Gasteiger charge is 2.10. The number of primary amides is 1. The number of aromatic nitrogens is 1. The Balaban J connectivity index is 1.88. The van der Waals surface area contributed by atoms with Crippen LogP contribution in [0.1, 0.15) is 15.2 Å². The van der Waals surface area contributed by atoms with Crippen LogP contribution in [-0.2, 0) is 6.61 Å². The first-order valence-electron chi connectivity index (χ1n) is 6.18. The monoisotopic (exact) mass is 302 g/mol. The fourth-order valence-electron chi connectivity index (χ4n) is 1.97. The third-order valence-electron chi connectivity index (χ3n) is 2.96. The van der Waals surface area contributed by atoms with Crippen LogP contribution in [0.2, 0.25) is 0 Å². The van der Waals surface area contributed by atoms with E-state index >= 15 is 0 Å². The molecule has 21 heavy (non-hydrogen) atoms. The molecule has 2 N–H and O–H groups in total. The van der Waals surface area contributed by atoms with Gasteiger partial charge in [-0.15, -0.1) is 11.3 Å². The molecule has 6 heteroatoms. The second-order valence-electron chi connectivity index (χ2n) is 4.43. The number of carbonyl (C=O) groups is 1. The van der Waals surface area contributed by atoms with Gasteiger partial charge in [0, 0.05) is 29.4 Å². The van der Waals surface area contributed by atoms with Gasteiger partial charge < -0.3 is 10.5 Å². The van der Waals surface area contributed by atoms with Crippen molar-refractivity contribution < 1.29 is 13.9 Å². The van der Waals surface area contributed by atoms with Gasteiger partial charge >= 0.3 is 0 Å². The van der Waals surface area contributed by atoms with Gasteiger partial charge in [0.2, 0.25) is 0 Å². The zero-order valence-corrected chi connectivity index (χ0v) is 11.7. The summed E-state index contributed by atoms with van der Waals surface area (Å²) in [5.74, 6) is -0.374. The van der Waals surface area contributed by atoms with Crippen molar-refractivity contribution in [2.45, 2.75) is 6.61 Å². The van der Waals surface area contributed by atoms with Gasteiger partial charge in [0.05, 0.1) is 9.58 Å². The molecular weight excluding hydrogens is 291 g/mol. The number of rotatable bonds is 4. The maximum Gasteiger partial charge on any atom is 0.258 e. The molecule has 0 unspecified atom stereocenters. The molecule has 0 bridgehead atoms. The first-order chi connectivity index (χ1) is 10.1. The van der Waals surface area contributed by atoms with Crippen molar-refractivity contribution in [1.82, 2.24) is 4.98 Å². The van der Waals surface area contributed by atoms with E-state index in [2.05, 4.69) is 4.98 Å². The molecule has 0 saturated carbocycles. The molecule has 0 spiro atoms. The van der Waals surface area contributed by atoms with E-state index in [0.29, 0.717) is 10.6 Å². The van der Waals surface area contributed by atoms with Crippen molar-refractivity contribution in [3.05, 3.63) is 59.0 Å². The van der Waals surface area contributed by atoms with E-state index in [4.69, 9.17) is 10.5 Å². The fourth-order valence-corrected chi connectivity index (χ4v) is 2.90. The first-order valence-corrected chi connectivity index (χ1v) is 7.00. The predicted octanol–water partition coefficient (Wildman–Crippen LogP) is 3.11. The number of ether oxygens (including phenoxy) is 1. The van der Waals surface area contributed by atoms with Gasteiger partial charge in [-0.2, -0.15) is 0 Å². The van der Waals surface area contributed by atoms with E-state index in [1.54, 1.807) is 30.6 Å². The van der Waals surface area contributed by atoms with Crippen molar-refractivity contribution in [3.8, 4) is 5.75 Å². The Bertz CT molecular complexity index is 816. The lowest BCUT2D eigenvalue weighted by atomic mass is 10.2. The summed E-state index contributed by atoms with van der Waals surface area (Å²) in [4.78, 5) is 15.8. The Labute approximate surface area is 124 Å². The normalized spacial score (nSPS) is 10.7. The lowest BCUT2D eigenvalue weighted by Gasteiger charge is -2.06. The SMILES string of the molecule is NC(=O)c1cc2c(COc3cccc(F)c3)cncc2s1. The second kappa shape index (κ2) is 5.49. The maximum atomic E-state index is 13.1. The number of hydrogen-bond acceptors (Lipinski definition) is 4. The summed E-state index contributed by atoms with van der Waals surface area (Å²) in [6.45, 7) is 0.239. The van der Waals surface area contributed by atoms with Crippen molar-refractivity contribution >= 4 is 27.3 Å². The molecule has 1 aromatic carbocycles. The van der Waals surface area contributed by atoms with E-state index in [9.17, 15) is 9.18 Å². The average molecular weight is 302 g/mol. The molecule has 3 rings (SSSR count). The van der Waals surface area contributed by atoms with Crippen LogP contribution in [0.5, 0.6) is 5.75 Å². The van der Waals surface area contributed by atoms with Crippen LogP contribution in [-0.4, -0.2) is 10.9 Å². The summed E-state index contributed by atoms with van der Waals surface area (Å²) >= 11 is 1.29. The third kappa shape index (κ3) is 2.85. The summed E-state index contributed by atoms with van der Waals surface area (Å²) in [5.41, 5.74) is 6.11. The van der Waals surface area contributed by atoms with E-state index < -0.39 is 5.91 Å². The summed E-state index contributed by atoms with van der Waals surface area (Å²) in [7, 11) is 0. The number of nitrogens with zero attached hydrogens (tertiary/aromatic N) is 1. The largest absolute Gasteiger partial charge is 0.489 e. The quantitative estimate of drug-likeness (QED) is 0.805. The molecule has 0 radical (unpaired) electrons. The highest BCUT2D eigenvalue weighted by atomic mass is 32.1. The molecule has 4 nitrogen and oxygen atoms in total. The fraction of sp³-hybridized carbons (Fsp3) is 0.0667. The number of benzene rings is 1. The van der Waals surface area contributed by atoms with Crippen molar-refractivity contribution in [1.29, 1.82) is 0 Å². The van der Waals surface area contributed by atoms with Crippen LogP contribution in [0.15, 0.2) is 42.7 Å². The molecule has 2 heterocycles. The molecular formula is C15H11FN2O2S. The van der Waals surface area contributed by atoms with Crippen molar-refractivity contribution in [2.24, 2.45) is 5.73 Å². The van der Waals surface area contributed by atoms with Crippen LogP contribution in [0.3, 0.4) is 0 Å². The average Bonchev–Trinajstić information content (AvgIpc) is 2.90. The zero-order chi connectivity index (χ0) is 14.8. The molecule has 0 saturated heterocycles. The maximum absolute atomic E-state index is 13.1. The predicted molar refractivity (Wildman–Crippen MR) is 78.9 cm³/mol. The number of nitrogens with two attached hydrogens (primary N) is 1. The number of hydrogen-bond donors (Lipinski definition) is 1. The number of fused-ring (bicyclic) bond motifs is 1. The minimum Gasteiger partial charge on any atom is -0.489 e. The van der Waals surface area contributed by atoms with Crippen molar-refractivity contribution in [3.63, 3.8) is 0 Å². The molecule has 2 aromatic heterocycles. The number of amides is 1. The van der Waals surface area contributed by atoms with Gasteiger partial charge in [0.1, 0.15) is 18.2 Å². The highest BCUT2D eigenvalue weighted by Crippen LogP contribution is 2.28. The topological polar surface area (TPSA) is 65.2 Å². The smallest absolute Gasteiger partial charge is 0.258 e. The van der Waals surface area contributed by atoms with Crippen molar-refractivity contribution in [2.75, 3.05) is 0 Å². The summed E-state index contributed by atoms with van der Waals surface area (Å²) < 4.78 is 19.5. The third-order valence-corrected chi connectivity index (χ3v) is 4.05. The van der Waals surface area contributed by atoms with Crippen LogP contribution >= 0.6 is 11.3 Å². The second-order valence-corrected chi connectivity index (χ2v) is 5.52. The molecule has 3 aromatic rings. The molecule has 0 aliphatic heterocycles. The Morgan fingerprint density at radius 2 is 2.19 bits per heavy atom. The summed E-state index contributed by atoms with van der Waals surface area (Å²) in [6, 6.07) is 7.66. The van der Waals surface area contributed by atoms with Gasteiger partial charge in [-0.05, 0) is 18.2 Å². The summed E-state index contributed by atoms with van der Waals surface area (Å²) in [5, 5.41) is 0.875. The number of halogens is 1. The molecule has 0 aliphatic carbocycles. The van der Waals surface area contributed by atoms with Gasteiger partial charge in [0.15, 0.2) is 0 Å². The molecule has 1 amide bonds. The van der Waals surface area contributed by atoms with E-state index in [1.807, 2.05) is 0 Å². The van der Waals surface area contributed by atoms with E-state index in [1.165, 1.54) is 23.5 Å². The molecule has 0 aliphatic rings. The first kappa shape index (κ1) is 13.5.